The number of imide groups is 1. The zero-order valence-corrected chi connectivity index (χ0v) is 15.2. The maximum atomic E-state index is 12.9. The fraction of sp³-hybridized carbons (Fsp3) is 0.0833. The zero-order valence-electron chi connectivity index (χ0n) is 15.2. The van der Waals surface area contributed by atoms with Gasteiger partial charge in [0.25, 0.3) is 11.8 Å². The van der Waals surface area contributed by atoms with Crippen LogP contribution in [0.25, 0.3) is 21.5 Å². The molecule has 0 saturated carbocycles. The molecule has 0 bridgehead atoms. The molecule has 0 saturated heterocycles. The number of carbonyl (C=O) groups is 2. The van der Waals surface area contributed by atoms with Crippen LogP contribution in [0.2, 0.25) is 0 Å². The van der Waals surface area contributed by atoms with Crippen molar-refractivity contribution in [1.29, 1.82) is 0 Å². The topological polar surface area (TPSA) is 49.4 Å². The Balaban J connectivity index is 1.40. The van der Waals surface area contributed by atoms with Crippen molar-refractivity contribution in [2.24, 2.45) is 0 Å². The molecule has 136 valence electrons. The van der Waals surface area contributed by atoms with Gasteiger partial charge in [0.05, 0.1) is 0 Å². The SMILES string of the molecule is O=C1c2cccc3cccc(c23)C(=O)N1CCNc1cccc2ccccc12. The fourth-order valence-corrected chi connectivity index (χ4v) is 3.97. The number of nitrogens with zero attached hydrogens (tertiary/aromatic N) is 1. The number of carbonyl (C=O) groups excluding carboxylic acids is 2. The summed E-state index contributed by atoms with van der Waals surface area (Å²) < 4.78 is 0. The van der Waals surface area contributed by atoms with Gasteiger partial charge in [0.2, 0.25) is 0 Å². The second-order valence-electron chi connectivity index (χ2n) is 6.92. The summed E-state index contributed by atoms with van der Waals surface area (Å²) in [4.78, 5) is 27.2. The van der Waals surface area contributed by atoms with Gasteiger partial charge in [-0.3, -0.25) is 14.5 Å². The molecule has 0 unspecified atom stereocenters. The summed E-state index contributed by atoms with van der Waals surface area (Å²) in [6.45, 7) is 0.801. The molecule has 0 fully saturated rings. The molecule has 0 atom stereocenters. The summed E-state index contributed by atoms with van der Waals surface area (Å²) in [6, 6.07) is 25.4. The smallest absolute Gasteiger partial charge is 0.261 e. The van der Waals surface area contributed by atoms with Crippen molar-refractivity contribution < 1.29 is 9.59 Å². The molecule has 0 radical (unpaired) electrons. The molecule has 1 heterocycles. The molecule has 0 spiro atoms. The predicted molar refractivity (Wildman–Crippen MR) is 112 cm³/mol. The fourth-order valence-electron chi connectivity index (χ4n) is 3.97. The van der Waals surface area contributed by atoms with Crippen LogP contribution in [0.15, 0.2) is 78.9 Å². The van der Waals surface area contributed by atoms with Gasteiger partial charge in [-0.25, -0.2) is 0 Å². The maximum Gasteiger partial charge on any atom is 0.261 e. The van der Waals surface area contributed by atoms with Crippen molar-refractivity contribution in [3.8, 4) is 0 Å². The Labute approximate surface area is 162 Å². The first kappa shape index (κ1) is 16.5. The number of hydrogen-bond acceptors (Lipinski definition) is 3. The molecule has 4 aromatic rings. The van der Waals surface area contributed by atoms with Crippen LogP contribution < -0.4 is 5.32 Å². The van der Waals surface area contributed by atoms with Crippen molar-refractivity contribution in [2.45, 2.75) is 0 Å². The molecule has 1 aliphatic heterocycles. The van der Waals surface area contributed by atoms with Gasteiger partial charge in [0.15, 0.2) is 0 Å². The third kappa shape index (κ3) is 2.54. The lowest BCUT2D eigenvalue weighted by Gasteiger charge is -2.27. The lowest BCUT2D eigenvalue weighted by atomic mass is 9.94. The van der Waals surface area contributed by atoms with Crippen LogP contribution in [0, 0.1) is 0 Å². The number of amides is 2. The quantitative estimate of drug-likeness (QED) is 0.533. The molecule has 0 aromatic heterocycles. The third-order valence-electron chi connectivity index (χ3n) is 5.30. The first-order valence-electron chi connectivity index (χ1n) is 9.33. The minimum Gasteiger partial charge on any atom is -0.383 e. The van der Waals surface area contributed by atoms with Gasteiger partial charge in [-0.2, -0.15) is 0 Å². The number of anilines is 1. The lowest BCUT2D eigenvalue weighted by Crippen LogP contribution is -2.42. The average Bonchev–Trinajstić information content (AvgIpc) is 2.74. The predicted octanol–water partition coefficient (Wildman–Crippen LogP) is 4.70. The lowest BCUT2D eigenvalue weighted by molar-refractivity contribution is 0.0617. The van der Waals surface area contributed by atoms with Crippen molar-refractivity contribution >= 4 is 39.0 Å². The van der Waals surface area contributed by atoms with E-state index in [1.807, 2.05) is 48.5 Å². The van der Waals surface area contributed by atoms with Crippen molar-refractivity contribution in [3.05, 3.63) is 90.0 Å². The Kier molecular flexibility index (Phi) is 3.83. The highest BCUT2D eigenvalue weighted by atomic mass is 16.2. The second kappa shape index (κ2) is 6.50. The summed E-state index contributed by atoms with van der Waals surface area (Å²) in [6.07, 6.45) is 0. The minimum absolute atomic E-state index is 0.228. The second-order valence-corrected chi connectivity index (χ2v) is 6.92. The van der Waals surface area contributed by atoms with E-state index < -0.39 is 0 Å². The van der Waals surface area contributed by atoms with Crippen LogP contribution in [-0.2, 0) is 0 Å². The molecule has 2 amide bonds. The van der Waals surface area contributed by atoms with E-state index in [0.29, 0.717) is 24.2 Å². The van der Waals surface area contributed by atoms with Crippen molar-refractivity contribution in [3.63, 3.8) is 0 Å². The van der Waals surface area contributed by atoms with Crippen molar-refractivity contribution in [2.75, 3.05) is 18.4 Å². The van der Waals surface area contributed by atoms with Gasteiger partial charge in [-0.1, -0.05) is 60.7 Å². The molecule has 1 aliphatic rings. The highest BCUT2D eigenvalue weighted by Gasteiger charge is 2.32. The number of fused-ring (bicyclic) bond motifs is 1. The number of benzene rings is 4. The van der Waals surface area contributed by atoms with Crippen LogP contribution >= 0.6 is 0 Å². The van der Waals surface area contributed by atoms with Gasteiger partial charge in [-0.15, -0.1) is 0 Å². The van der Waals surface area contributed by atoms with Crippen LogP contribution in [0.3, 0.4) is 0 Å². The van der Waals surface area contributed by atoms with Crippen LogP contribution in [-0.4, -0.2) is 29.8 Å². The van der Waals surface area contributed by atoms with Crippen molar-refractivity contribution in [1.82, 2.24) is 4.90 Å². The maximum absolute atomic E-state index is 12.9. The summed E-state index contributed by atoms with van der Waals surface area (Å²) in [5.74, 6) is -0.456. The first-order chi connectivity index (χ1) is 13.7. The third-order valence-corrected chi connectivity index (χ3v) is 5.30. The first-order valence-corrected chi connectivity index (χ1v) is 9.33. The Morgan fingerprint density at radius 3 is 2.04 bits per heavy atom. The van der Waals surface area contributed by atoms with Gasteiger partial charge < -0.3 is 5.32 Å². The largest absolute Gasteiger partial charge is 0.383 e. The van der Waals surface area contributed by atoms with Crippen LogP contribution in [0.5, 0.6) is 0 Å². The van der Waals surface area contributed by atoms with E-state index in [-0.39, 0.29) is 11.8 Å². The van der Waals surface area contributed by atoms with E-state index in [2.05, 4.69) is 23.5 Å². The van der Waals surface area contributed by atoms with Gasteiger partial charge in [-0.05, 0) is 29.0 Å². The molecule has 4 nitrogen and oxygen atoms in total. The number of hydrogen-bond donors (Lipinski definition) is 1. The van der Waals surface area contributed by atoms with Gasteiger partial charge >= 0.3 is 0 Å². The molecule has 28 heavy (non-hydrogen) atoms. The Bertz CT molecular complexity index is 1190. The summed E-state index contributed by atoms with van der Waals surface area (Å²) in [5, 5.41) is 7.34. The molecule has 4 aromatic carbocycles. The van der Waals surface area contributed by atoms with Gasteiger partial charge in [0, 0.05) is 40.7 Å². The minimum atomic E-state index is -0.228. The van der Waals surface area contributed by atoms with Gasteiger partial charge in [0.1, 0.15) is 0 Å². The average molecular weight is 366 g/mol. The molecule has 1 N–H and O–H groups in total. The van der Waals surface area contributed by atoms with E-state index >= 15 is 0 Å². The monoisotopic (exact) mass is 366 g/mol. The standard InChI is InChI=1S/C24H18N2O2/c27-23-19-11-3-8-17-9-4-12-20(22(17)19)24(28)26(23)15-14-25-21-13-5-7-16-6-1-2-10-18(16)21/h1-13,25H,14-15H2. The number of nitrogens with one attached hydrogen (secondary N) is 1. The molecular weight excluding hydrogens is 348 g/mol. The van der Waals surface area contributed by atoms with E-state index in [9.17, 15) is 9.59 Å². The molecule has 4 heteroatoms. The van der Waals surface area contributed by atoms with E-state index in [1.54, 1.807) is 12.1 Å². The molecule has 5 rings (SSSR count). The summed E-state index contributed by atoms with van der Waals surface area (Å²) in [7, 11) is 0. The Morgan fingerprint density at radius 1 is 0.679 bits per heavy atom. The Morgan fingerprint density at radius 2 is 1.29 bits per heavy atom. The summed E-state index contributed by atoms with van der Waals surface area (Å²) >= 11 is 0. The van der Waals surface area contributed by atoms with E-state index in [1.165, 1.54) is 4.90 Å². The highest BCUT2D eigenvalue weighted by Crippen LogP contribution is 2.30. The van der Waals surface area contributed by atoms with E-state index in [4.69, 9.17) is 0 Å². The highest BCUT2D eigenvalue weighted by molar-refractivity contribution is 6.25. The normalized spacial score (nSPS) is 13.4. The molecular formula is C24H18N2O2. The molecule has 0 aliphatic carbocycles. The van der Waals surface area contributed by atoms with E-state index in [0.717, 1.165) is 27.2 Å². The number of rotatable bonds is 4. The zero-order chi connectivity index (χ0) is 19.1. The van der Waals surface area contributed by atoms with Crippen LogP contribution in [0.1, 0.15) is 20.7 Å². The van der Waals surface area contributed by atoms with Crippen LogP contribution in [0.4, 0.5) is 5.69 Å². The summed E-state index contributed by atoms with van der Waals surface area (Å²) in [5.41, 5.74) is 2.19. The Hall–Kier alpha value is -3.66.